The van der Waals surface area contributed by atoms with Crippen molar-refractivity contribution >= 4 is 29.1 Å². The van der Waals surface area contributed by atoms with Gasteiger partial charge in [0, 0.05) is 12.7 Å². The highest BCUT2D eigenvalue weighted by Gasteiger charge is 2.19. The molecule has 0 spiro atoms. The lowest BCUT2D eigenvalue weighted by Crippen LogP contribution is -2.31. The molecule has 3 nitrogen and oxygen atoms in total. The number of hydrogen-bond acceptors (Lipinski definition) is 2. The molecule has 1 aliphatic rings. The zero-order chi connectivity index (χ0) is 13.8. The summed E-state index contributed by atoms with van der Waals surface area (Å²) in [5.41, 5.74) is 0.457. The van der Waals surface area contributed by atoms with Crippen molar-refractivity contribution < 1.29 is 4.79 Å². The van der Waals surface area contributed by atoms with Gasteiger partial charge in [-0.1, -0.05) is 43.0 Å². The lowest BCUT2D eigenvalue weighted by molar-refractivity contribution is 0.0940. The number of halogens is 2. The molecular formula is C14H18Cl2N2O. The molecular weight excluding hydrogens is 283 g/mol. The minimum atomic E-state index is -0.135. The van der Waals surface area contributed by atoms with Crippen molar-refractivity contribution in [3.63, 3.8) is 0 Å². The van der Waals surface area contributed by atoms with Crippen LogP contribution in [-0.2, 0) is 0 Å². The first-order chi connectivity index (χ1) is 9.06. The first-order valence-electron chi connectivity index (χ1n) is 6.65. The average Bonchev–Trinajstić information content (AvgIpc) is 2.39. The lowest BCUT2D eigenvalue weighted by atomic mass is 9.82. The van der Waals surface area contributed by atoms with Crippen LogP contribution in [0.3, 0.4) is 0 Å². The van der Waals surface area contributed by atoms with Crippen LogP contribution in [0, 0.1) is 11.8 Å². The molecule has 0 saturated heterocycles. The topological polar surface area (TPSA) is 42.0 Å². The molecule has 1 amide bonds. The highest BCUT2D eigenvalue weighted by atomic mass is 35.5. The van der Waals surface area contributed by atoms with E-state index in [-0.39, 0.29) is 11.1 Å². The van der Waals surface area contributed by atoms with Gasteiger partial charge in [0.1, 0.15) is 5.15 Å². The summed E-state index contributed by atoms with van der Waals surface area (Å²) in [6.07, 6.45) is 6.41. The van der Waals surface area contributed by atoms with E-state index in [0.717, 1.165) is 12.5 Å². The monoisotopic (exact) mass is 300 g/mol. The van der Waals surface area contributed by atoms with Crippen molar-refractivity contribution in [3.8, 4) is 0 Å². The van der Waals surface area contributed by atoms with Gasteiger partial charge in [-0.3, -0.25) is 4.79 Å². The Hall–Kier alpha value is -0.800. The summed E-state index contributed by atoms with van der Waals surface area (Å²) in [4.78, 5) is 15.9. The third-order valence-corrected chi connectivity index (χ3v) is 4.34. The number of hydrogen-bond donors (Lipinski definition) is 1. The minimum absolute atomic E-state index is 0.135. The largest absolute Gasteiger partial charge is 0.352 e. The quantitative estimate of drug-likeness (QED) is 0.859. The highest BCUT2D eigenvalue weighted by Crippen LogP contribution is 2.28. The van der Waals surface area contributed by atoms with E-state index in [1.165, 1.54) is 31.9 Å². The molecule has 0 aliphatic heterocycles. The summed E-state index contributed by atoms with van der Waals surface area (Å²) in [5.74, 6) is 1.22. The summed E-state index contributed by atoms with van der Waals surface area (Å²) in [7, 11) is 0. The van der Waals surface area contributed by atoms with Crippen molar-refractivity contribution in [1.29, 1.82) is 0 Å². The van der Waals surface area contributed by atoms with Gasteiger partial charge in [0.25, 0.3) is 5.91 Å². The third-order valence-electron chi connectivity index (χ3n) is 3.65. The Balaban J connectivity index is 1.88. The number of pyridine rings is 1. The molecule has 1 aromatic rings. The molecule has 0 aromatic carbocycles. The van der Waals surface area contributed by atoms with Crippen LogP contribution < -0.4 is 5.32 Å². The van der Waals surface area contributed by atoms with E-state index in [4.69, 9.17) is 23.2 Å². The van der Waals surface area contributed by atoms with Crippen LogP contribution in [0.2, 0.25) is 10.2 Å². The van der Waals surface area contributed by atoms with Gasteiger partial charge in [-0.25, -0.2) is 4.98 Å². The van der Waals surface area contributed by atoms with E-state index in [0.29, 0.717) is 16.5 Å². The SMILES string of the molecule is CC1CCCC(CNC(=O)c2cnc(Cl)c(Cl)c2)C1. The second-order valence-corrected chi connectivity index (χ2v) is 6.11. The summed E-state index contributed by atoms with van der Waals surface area (Å²) in [6.45, 7) is 3.00. The van der Waals surface area contributed by atoms with Crippen molar-refractivity contribution in [3.05, 3.63) is 28.0 Å². The lowest BCUT2D eigenvalue weighted by Gasteiger charge is -2.26. The molecule has 2 rings (SSSR count). The van der Waals surface area contributed by atoms with Crippen LogP contribution in [0.1, 0.15) is 43.0 Å². The van der Waals surface area contributed by atoms with Crippen LogP contribution in [0.4, 0.5) is 0 Å². The fourth-order valence-corrected chi connectivity index (χ4v) is 2.90. The molecule has 1 saturated carbocycles. The van der Waals surface area contributed by atoms with Gasteiger partial charge in [0.15, 0.2) is 0 Å². The van der Waals surface area contributed by atoms with Crippen molar-refractivity contribution in [1.82, 2.24) is 10.3 Å². The predicted molar refractivity (Wildman–Crippen MR) is 77.7 cm³/mol. The van der Waals surface area contributed by atoms with E-state index in [1.807, 2.05) is 0 Å². The zero-order valence-electron chi connectivity index (χ0n) is 11.0. The molecule has 1 N–H and O–H groups in total. The summed E-state index contributed by atoms with van der Waals surface area (Å²) in [5, 5.41) is 3.48. The number of amides is 1. The summed E-state index contributed by atoms with van der Waals surface area (Å²) >= 11 is 11.6. The summed E-state index contributed by atoms with van der Waals surface area (Å²) < 4.78 is 0. The van der Waals surface area contributed by atoms with Crippen molar-refractivity contribution in [2.45, 2.75) is 32.6 Å². The standard InChI is InChI=1S/C14H18Cl2N2O/c1-9-3-2-4-10(5-9)7-18-14(19)11-6-12(15)13(16)17-8-11/h6,8-10H,2-5,7H2,1H3,(H,18,19). The maximum atomic E-state index is 12.0. The fourth-order valence-electron chi connectivity index (χ4n) is 2.63. The number of aromatic nitrogens is 1. The highest BCUT2D eigenvalue weighted by molar-refractivity contribution is 6.41. The molecule has 5 heteroatoms. The number of nitrogens with one attached hydrogen (secondary N) is 1. The van der Waals surface area contributed by atoms with Crippen molar-refractivity contribution in [2.24, 2.45) is 11.8 Å². The average molecular weight is 301 g/mol. The maximum absolute atomic E-state index is 12.0. The normalized spacial score (nSPS) is 23.1. The number of rotatable bonds is 3. The fraction of sp³-hybridized carbons (Fsp3) is 0.571. The van der Waals surface area contributed by atoms with Gasteiger partial charge in [-0.05, 0) is 30.7 Å². The zero-order valence-corrected chi connectivity index (χ0v) is 12.5. The van der Waals surface area contributed by atoms with Gasteiger partial charge in [-0.2, -0.15) is 0 Å². The Morgan fingerprint density at radius 1 is 1.47 bits per heavy atom. The van der Waals surface area contributed by atoms with Gasteiger partial charge in [0.05, 0.1) is 10.6 Å². The van der Waals surface area contributed by atoms with Gasteiger partial charge >= 0.3 is 0 Å². The van der Waals surface area contributed by atoms with E-state index in [1.54, 1.807) is 6.07 Å². The van der Waals surface area contributed by atoms with Crippen LogP contribution in [0.5, 0.6) is 0 Å². The molecule has 1 fully saturated rings. The Bertz CT molecular complexity index is 465. The first kappa shape index (κ1) is 14.6. The Kier molecular flexibility index (Phi) is 5.06. The van der Waals surface area contributed by atoms with Crippen molar-refractivity contribution in [2.75, 3.05) is 6.54 Å². The minimum Gasteiger partial charge on any atom is -0.352 e. The van der Waals surface area contributed by atoms with E-state index in [9.17, 15) is 4.79 Å². The second-order valence-electron chi connectivity index (χ2n) is 5.34. The Labute approximate surface area is 123 Å². The van der Waals surface area contributed by atoms with Gasteiger partial charge in [0.2, 0.25) is 0 Å². The molecule has 2 atom stereocenters. The van der Waals surface area contributed by atoms with E-state index >= 15 is 0 Å². The maximum Gasteiger partial charge on any atom is 0.252 e. The molecule has 1 aromatic heterocycles. The number of nitrogens with zero attached hydrogens (tertiary/aromatic N) is 1. The molecule has 2 unspecified atom stereocenters. The summed E-state index contributed by atoms with van der Waals surface area (Å²) in [6, 6.07) is 1.55. The molecule has 0 radical (unpaired) electrons. The first-order valence-corrected chi connectivity index (χ1v) is 7.41. The molecule has 19 heavy (non-hydrogen) atoms. The van der Waals surface area contributed by atoms with Crippen LogP contribution in [-0.4, -0.2) is 17.4 Å². The molecule has 104 valence electrons. The molecule has 1 aliphatic carbocycles. The smallest absolute Gasteiger partial charge is 0.252 e. The third kappa shape index (κ3) is 4.08. The van der Waals surface area contributed by atoms with Crippen LogP contribution in [0.15, 0.2) is 12.3 Å². The Morgan fingerprint density at radius 2 is 2.26 bits per heavy atom. The van der Waals surface area contributed by atoms with E-state index < -0.39 is 0 Å². The molecule has 1 heterocycles. The molecule has 0 bridgehead atoms. The van der Waals surface area contributed by atoms with Gasteiger partial charge in [-0.15, -0.1) is 0 Å². The van der Waals surface area contributed by atoms with E-state index in [2.05, 4.69) is 17.2 Å². The second kappa shape index (κ2) is 6.58. The van der Waals surface area contributed by atoms with Crippen LogP contribution >= 0.6 is 23.2 Å². The predicted octanol–water partition coefficient (Wildman–Crippen LogP) is 3.94. The van der Waals surface area contributed by atoms with Crippen LogP contribution in [0.25, 0.3) is 0 Å². The Morgan fingerprint density at radius 3 is 2.95 bits per heavy atom. The van der Waals surface area contributed by atoms with Gasteiger partial charge < -0.3 is 5.32 Å². The number of carbonyl (C=O) groups excluding carboxylic acids is 1. The number of carbonyl (C=O) groups is 1.